The van der Waals surface area contributed by atoms with Crippen molar-refractivity contribution < 1.29 is 24.5 Å². The van der Waals surface area contributed by atoms with E-state index in [1.165, 1.54) is 59.5 Å². The predicted octanol–water partition coefficient (Wildman–Crippen LogP) is 17.6. The monoisotopic (exact) mass is 1190 g/mol. The summed E-state index contributed by atoms with van der Waals surface area (Å²) in [6.07, 6.45) is 9.48. The number of nitrogens with zero attached hydrogens (tertiary/aromatic N) is 5. The van der Waals surface area contributed by atoms with Crippen LogP contribution in [0.5, 0.6) is 0 Å². The second kappa shape index (κ2) is 21.7. The van der Waals surface area contributed by atoms with E-state index < -0.39 is 8.07 Å². The van der Waals surface area contributed by atoms with Gasteiger partial charge in [-0.2, -0.15) is 0 Å². The van der Waals surface area contributed by atoms with Gasteiger partial charge in [-0.05, 0) is 114 Å². The minimum atomic E-state index is -1.40. The quantitative estimate of drug-likeness (QED) is 0.106. The predicted molar refractivity (Wildman–Crippen MR) is 316 cm³/mol. The molecule has 11 aromatic rings. The number of aromatic nitrogens is 5. The number of benzene rings is 6. The maximum atomic E-state index is 6.73. The van der Waals surface area contributed by atoms with Gasteiger partial charge in [-0.3, -0.25) is 9.97 Å². The van der Waals surface area contributed by atoms with Crippen LogP contribution in [-0.2, 0) is 31.9 Å². The van der Waals surface area contributed by atoms with Crippen molar-refractivity contribution in [2.45, 2.75) is 111 Å². The Kier molecular flexibility index (Phi) is 15.0. The van der Waals surface area contributed by atoms with Crippen LogP contribution in [-0.4, -0.2) is 32.6 Å². The standard InChI is InChI=1S/C44H39N4O.C24H28NSi.Ir/c1-27-18-20-33-37(45-27)23-24-38-40(33)48(39-25-19-30(44(2,3)4)26-35(39)28-12-7-5-8-13-28)42(46-38)34-17-11-16-31-32-21-22-36(29-14-9-6-10-15-29)47-43(32)49-41(31)34;1-18(2)14-22-16-23(25-17-24(22)26(3,4)5)21-13-9-12-20(15-21)19-10-7-6-8-11-19;/h5,7-8,11-13,16,18-26,29H,6,9-10,14-15H2,1-4H3;6-12,15-18H,14H2,1-5H3;/q2*-1;. The number of furan rings is 1. The Labute approximate surface area is 463 Å². The van der Waals surface area contributed by atoms with Crippen molar-refractivity contribution in [1.29, 1.82) is 0 Å². The third-order valence-electron chi connectivity index (χ3n) is 15.0. The summed E-state index contributed by atoms with van der Waals surface area (Å²) >= 11 is 0. The second-order valence-corrected chi connectivity index (χ2v) is 28.2. The number of hydrogen-bond donors (Lipinski definition) is 0. The molecule has 1 saturated carbocycles. The normalized spacial score (nSPS) is 13.3. The molecule has 0 atom stereocenters. The van der Waals surface area contributed by atoms with Crippen LogP contribution in [0.15, 0.2) is 162 Å². The number of imidazole rings is 1. The minimum Gasteiger partial charge on any atom is -0.486 e. The van der Waals surface area contributed by atoms with E-state index in [9.17, 15) is 0 Å². The zero-order valence-electron chi connectivity index (χ0n) is 45.4. The Hall–Kier alpha value is -6.83. The molecule has 1 aliphatic carbocycles. The van der Waals surface area contributed by atoms with E-state index in [1.54, 1.807) is 0 Å². The molecular formula is C68H67IrN5OSi-2. The third-order valence-corrected chi connectivity index (χ3v) is 17.1. The number of aryl methyl sites for hydroxylation is 1. The van der Waals surface area contributed by atoms with Gasteiger partial charge in [0, 0.05) is 65.6 Å². The summed E-state index contributed by atoms with van der Waals surface area (Å²) in [7, 11) is -1.40. The van der Waals surface area contributed by atoms with E-state index in [-0.39, 0.29) is 25.5 Å². The molecule has 5 aromatic heterocycles. The number of hydrogen-bond acceptors (Lipinski definition) is 5. The molecule has 385 valence electrons. The van der Waals surface area contributed by atoms with Gasteiger partial charge >= 0.3 is 0 Å². The maximum Gasteiger partial charge on any atom is 0.216 e. The summed E-state index contributed by atoms with van der Waals surface area (Å²) in [5.41, 5.74) is 17.8. The Morgan fingerprint density at radius 1 is 0.684 bits per heavy atom. The molecule has 76 heavy (non-hydrogen) atoms. The topological polar surface area (TPSA) is 69.6 Å². The van der Waals surface area contributed by atoms with Crippen molar-refractivity contribution in [3.63, 3.8) is 0 Å². The van der Waals surface area contributed by atoms with Crippen LogP contribution in [0.2, 0.25) is 19.6 Å². The molecule has 6 nitrogen and oxygen atoms in total. The van der Waals surface area contributed by atoms with Gasteiger partial charge in [0.05, 0.1) is 36.0 Å². The van der Waals surface area contributed by atoms with Crippen LogP contribution in [0.3, 0.4) is 0 Å². The van der Waals surface area contributed by atoms with Gasteiger partial charge in [-0.15, -0.1) is 53.6 Å². The van der Waals surface area contributed by atoms with E-state index in [0.29, 0.717) is 17.5 Å². The summed E-state index contributed by atoms with van der Waals surface area (Å²) in [5.74, 6) is 1.92. The first kappa shape index (κ1) is 52.6. The first-order valence-corrected chi connectivity index (χ1v) is 30.5. The molecule has 0 spiro atoms. The zero-order valence-corrected chi connectivity index (χ0v) is 48.8. The molecule has 6 aromatic carbocycles. The fourth-order valence-corrected chi connectivity index (χ4v) is 12.7. The van der Waals surface area contributed by atoms with Crippen LogP contribution in [0.25, 0.3) is 94.6 Å². The van der Waals surface area contributed by atoms with E-state index in [2.05, 4.69) is 211 Å². The number of fused-ring (bicyclic) bond motifs is 6. The van der Waals surface area contributed by atoms with E-state index in [0.717, 1.165) is 95.6 Å². The van der Waals surface area contributed by atoms with Gasteiger partial charge in [0.15, 0.2) is 0 Å². The Morgan fingerprint density at radius 3 is 2.12 bits per heavy atom. The Bertz CT molecular complexity index is 3860. The van der Waals surface area contributed by atoms with Crippen LogP contribution >= 0.6 is 0 Å². The largest absolute Gasteiger partial charge is 0.486 e. The molecule has 12 rings (SSSR count). The van der Waals surface area contributed by atoms with E-state index in [4.69, 9.17) is 24.4 Å². The smallest absolute Gasteiger partial charge is 0.216 e. The summed E-state index contributed by atoms with van der Waals surface area (Å²) < 4.78 is 9.04. The minimum absolute atomic E-state index is 0. The van der Waals surface area contributed by atoms with Crippen LogP contribution in [0.1, 0.15) is 95.2 Å². The molecule has 1 aliphatic rings. The maximum absolute atomic E-state index is 6.73. The molecule has 1 radical (unpaired) electrons. The van der Waals surface area contributed by atoms with Crippen LogP contribution in [0, 0.1) is 25.0 Å². The summed E-state index contributed by atoms with van der Waals surface area (Å²) in [4.78, 5) is 20.2. The fraction of sp³-hybridized carbons (Fsp3) is 0.265. The molecule has 0 bridgehead atoms. The van der Waals surface area contributed by atoms with E-state index in [1.807, 2.05) is 25.1 Å². The van der Waals surface area contributed by atoms with E-state index >= 15 is 0 Å². The molecular weight excluding hydrogens is 1120 g/mol. The van der Waals surface area contributed by atoms with Crippen molar-refractivity contribution in [2.75, 3.05) is 0 Å². The van der Waals surface area contributed by atoms with Crippen molar-refractivity contribution in [1.82, 2.24) is 24.5 Å². The van der Waals surface area contributed by atoms with Crippen molar-refractivity contribution >= 4 is 57.3 Å². The number of pyridine rings is 3. The van der Waals surface area contributed by atoms with Gasteiger partial charge in [-0.1, -0.05) is 163 Å². The molecule has 0 amide bonds. The second-order valence-electron chi connectivity index (χ2n) is 23.1. The molecule has 0 saturated heterocycles. The van der Waals surface area contributed by atoms with Crippen LogP contribution in [0.4, 0.5) is 0 Å². The summed E-state index contributed by atoms with van der Waals surface area (Å²) in [6.45, 7) is 20.6. The first-order valence-electron chi connectivity index (χ1n) is 27.0. The van der Waals surface area contributed by atoms with Gasteiger partial charge in [0.2, 0.25) is 5.71 Å². The zero-order chi connectivity index (χ0) is 52.0. The van der Waals surface area contributed by atoms with Crippen molar-refractivity contribution in [3.05, 3.63) is 193 Å². The third kappa shape index (κ3) is 10.6. The SMILES string of the molecule is CC(C)Cc1cc(-c2[c-]ccc(-c3ccccc3)c2)ncc1[Si](C)(C)C.Cc1ccc2c(ccc3nc(-c4[c-]ccc5c4oc4nc(C6CCCCC6)ccc45)n(-c4ccc(C(C)(C)C)cc4-c4ccccc4)c32)n1.[Ir]. The van der Waals surface area contributed by atoms with Gasteiger partial charge in [-0.25, -0.2) is 4.98 Å². The van der Waals surface area contributed by atoms with Crippen molar-refractivity contribution in [2.24, 2.45) is 5.92 Å². The fourth-order valence-electron chi connectivity index (χ4n) is 11.1. The summed E-state index contributed by atoms with van der Waals surface area (Å²) in [6, 6.07) is 60.5. The molecule has 0 N–H and O–H groups in total. The Balaban J connectivity index is 0.000000206. The van der Waals surface area contributed by atoms with Gasteiger partial charge in [0.25, 0.3) is 0 Å². The summed E-state index contributed by atoms with van der Waals surface area (Å²) in [5, 5.41) is 4.58. The van der Waals surface area contributed by atoms with Gasteiger partial charge < -0.3 is 14.0 Å². The average Bonchev–Trinajstić information content (AvgIpc) is 4.01. The Morgan fingerprint density at radius 2 is 1.39 bits per heavy atom. The van der Waals surface area contributed by atoms with Gasteiger partial charge in [0.1, 0.15) is 0 Å². The molecule has 1 fully saturated rings. The molecule has 5 heterocycles. The molecule has 0 unspecified atom stereocenters. The van der Waals surface area contributed by atoms with Crippen LogP contribution < -0.4 is 5.19 Å². The average molecular weight is 1190 g/mol. The number of rotatable bonds is 9. The molecule has 8 heteroatoms. The molecule has 0 aliphatic heterocycles. The van der Waals surface area contributed by atoms with Crippen molar-refractivity contribution in [3.8, 4) is 50.6 Å². The first-order chi connectivity index (χ1) is 36.2.